The molecule has 114 valence electrons. The van der Waals surface area contributed by atoms with Crippen LogP contribution in [0.15, 0.2) is 33.7 Å². The molecule has 0 unspecified atom stereocenters. The summed E-state index contributed by atoms with van der Waals surface area (Å²) in [6, 6.07) is 6.96. The van der Waals surface area contributed by atoms with Crippen LogP contribution >= 0.6 is 0 Å². The van der Waals surface area contributed by atoms with Crippen LogP contribution in [0, 0.1) is 6.92 Å². The molecular formula is C14H19N3O3S. The molecule has 0 amide bonds. The van der Waals surface area contributed by atoms with Crippen molar-refractivity contribution in [2.75, 3.05) is 19.8 Å². The lowest BCUT2D eigenvalue weighted by atomic mass is 10.2. The molecule has 0 fully saturated rings. The molecule has 6 nitrogen and oxygen atoms in total. The summed E-state index contributed by atoms with van der Waals surface area (Å²) in [5, 5.41) is 3.85. The van der Waals surface area contributed by atoms with E-state index in [0.29, 0.717) is 16.6 Å². The first-order valence-corrected chi connectivity index (χ1v) is 8.50. The summed E-state index contributed by atoms with van der Waals surface area (Å²) in [7, 11) is -1.14. The molecule has 21 heavy (non-hydrogen) atoms. The topological polar surface area (TPSA) is 76.3 Å². The standard InChI is InChI=1S/C14H19N3O3S/c1-11-15-14(16-20-11)8-9-17(2)10-12-4-6-13(7-5-12)21(3,18)19/h4-7H,8-10H2,1-3H3. The Morgan fingerprint density at radius 1 is 1.24 bits per heavy atom. The van der Waals surface area contributed by atoms with Gasteiger partial charge in [-0.2, -0.15) is 4.98 Å². The van der Waals surface area contributed by atoms with E-state index >= 15 is 0 Å². The predicted molar refractivity (Wildman–Crippen MR) is 78.6 cm³/mol. The number of likely N-dealkylation sites (N-methyl/N-ethyl adjacent to an activating group) is 1. The van der Waals surface area contributed by atoms with E-state index in [0.717, 1.165) is 25.1 Å². The molecule has 7 heteroatoms. The SMILES string of the molecule is Cc1nc(CCN(C)Cc2ccc(S(C)(=O)=O)cc2)no1. The average Bonchev–Trinajstić information content (AvgIpc) is 2.82. The average molecular weight is 309 g/mol. The molecule has 0 saturated carbocycles. The van der Waals surface area contributed by atoms with Crippen molar-refractivity contribution in [2.24, 2.45) is 0 Å². The lowest BCUT2D eigenvalue weighted by Crippen LogP contribution is -2.21. The third-order valence-corrected chi connectivity index (χ3v) is 4.22. The van der Waals surface area contributed by atoms with Crippen molar-refractivity contribution in [2.45, 2.75) is 24.8 Å². The Morgan fingerprint density at radius 2 is 1.90 bits per heavy atom. The first-order chi connectivity index (χ1) is 9.84. The number of sulfone groups is 1. The fourth-order valence-electron chi connectivity index (χ4n) is 1.97. The van der Waals surface area contributed by atoms with Gasteiger partial charge in [-0.25, -0.2) is 8.42 Å². The molecule has 1 heterocycles. The number of rotatable bonds is 6. The van der Waals surface area contributed by atoms with Gasteiger partial charge in [0.05, 0.1) is 4.90 Å². The molecule has 0 aliphatic heterocycles. The quantitative estimate of drug-likeness (QED) is 0.804. The van der Waals surface area contributed by atoms with Crippen molar-refractivity contribution in [1.29, 1.82) is 0 Å². The highest BCUT2D eigenvalue weighted by Gasteiger charge is 2.08. The predicted octanol–water partition coefficient (Wildman–Crippen LogP) is 1.46. The Labute approximate surface area is 124 Å². The zero-order chi connectivity index (χ0) is 15.5. The van der Waals surface area contributed by atoms with E-state index in [9.17, 15) is 8.42 Å². The van der Waals surface area contributed by atoms with Gasteiger partial charge in [0.2, 0.25) is 5.89 Å². The molecule has 0 bridgehead atoms. The van der Waals surface area contributed by atoms with E-state index in [1.54, 1.807) is 19.1 Å². The van der Waals surface area contributed by atoms with E-state index in [1.807, 2.05) is 19.2 Å². The van der Waals surface area contributed by atoms with E-state index in [4.69, 9.17) is 4.52 Å². The second kappa shape index (κ2) is 6.36. The van der Waals surface area contributed by atoms with Crippen LogP contribution in [0.3, 0.4) is 0 Å². The van der Waals surface area contributed by atoms with Crippen LogP contribution in [0.2, 0.25) is 0 Å². The highest BCUT2D eigenvalue weighted by molar-refractivity contribution is 7.90. The van der Waals surface area contributed by atoms with Gasteiger partial charge in [-0.05, 0) is 24.7 Å². The Balaban J connectivity index is 1.89. The van der Waals surface area contributed by atoms with Crippen molar-refractivity contribution in [1.82, 2.24) is 15.0 Å². The van der Waals surface area contributed by atoms with E-state index in [-0.39, 0.29) is 0 Å². The number of aryl methyl sites for hydroxylation is 1. The van der Waals surface area contributed by atoms with Gasteiger partial charge in [0, 0.05) is 32.7 Å². The summed E-state index contributed by atoms with van der Waals surface area (Å²) in [5.74, 6) is 1.27. The van der Waals surface area contributed by atoms with E-state index in [1.165, 1.54) is 6.26 Å². The maximum Gasteiger partial charge on any atom is 0.223 e. The number of nitrogens with zero attached hydrogens (tertiary/aromatic N) is 3. The zero-order valence-electron chi connectivity index (χ0n) is 12.4. The summed E-state index contributed by atoms with van der Waals surface area (Å²) in [5.41, 5.74) is 1.06. The van der Waals surface area contributed by atoms with Crippen LogP contribution in [0.4, 0.5) is 0 Å². The normalized spacial score (nSPS) is 12.0. The van der Waals surface area contributed by atoms with E-state index < -0.39 is 9.84 Å². The summed E-state index contributed by atoms with van der Waals surface area (Å²) in [6.07, 6.45) is 1.93. The molecule has 0 radical (unpaired) electrons. The number of hydrogen-bond donors (Lipinski definition) is 0. The molecule has 0 saturated heterocycles. The first kappa shape index (κ1) is 15.7. The minimum atomic E-state index is -3.13. The molecule has 0 N–H and O–H groups in total. The minimum Gasteiger partial charge on any atom is -0.340 e. The molecule has 2 rings (SSSR count). The Bertz CT molecular complexity index is 693. The summed E-state index contributed by atoms with van der Waals surface area (Å²) >= 11 is 0. The molecule has 2 aromatic rings. The highest BCUT2D eigenvalue weighted by Crippen LogP contribution is 2.11. The Morgan fingerprint density at radius 3 is 2.43 bits per heavy atom. The lowest BCUT2D eigenvalue weighted by Gasteiger charge is -2.15. The third-order valence-electron chi connectivity index (χ3n) is 3.09. The van der Waals surface area contributed by atoms with Crippen molar-refractivity contribution in [3.05, 3.63) is 41.5 Å². The highest BCUT2D eigenvalue weighted by atomic mass is 32.2. The van der Waals surface area contributed by atoms with Gasteiger partial charge in [0.25, 0.3) is 0 Å². The smallest absolute Gasteiger partial charge is 0.223 e. The largest absolute Gasteiger partial charge is 0.340 e. The van der Waals surface area contributed by atoms with E-state index in [2.05, 4.69) is 15.0 Å². The van der Waals surface area contributed by atoms with Crippen molar-refractivity contribution >= 4 is 9.84 Å². The van der Waals surface area contributed by atoms with Crippen molar-refractivity contribution < 1.29 is 12.9 Å². The maximum atomic E-state index is 11.4. The second-order valence-electron chi connectivity index (χ2n) is 5.13. The van der Waals surface area contributed by atoms with Gasteiger partial charge in [-0.15, -0.1) is 0 Å². The lowest BCUT2D eigenvalue weighted by molar-refractivity contribution is 0.324. The van der Waals surface area contributed by atoms with Crippen LogP contribution in [-0.4, -0.2) is 43.3 Å². The molecule has 0 aliphatic rings. The fraction of sp³-hybridized carbons (Fsp3) is 0.429. The molecule has 0 atom stereocenters. The molecule has 1 aromatic carbocycles. The number of hydrogen-bond acceptors (Lipinski definition) is 6. The van der Waals surface area contributed by atoms with Crippen molar-refractivity contribution in [3.8, 4) is 0 Å². The molecule has 1 aromatic heterocycles. The van der Waals surface area contributed by atoms with Gasteiger partial charge in [-0.3, -0.25) is 0 Å². The maximum absolute atomic E-state index is 11.4. The Hall–Kier alpha value is -1.73. The van der Waals surface area contributed by atoms with Gasteiger partial charge in [0.1, 0.15) is 0 Å². The van der Waals surface area contributed by atoms with Crippen LogP contribution < -0.4 is 0 Å². The number of aromatic nitrogens is 2. The van der Waals surface area contributed by atoms with Gasteiger partial charge < -0.3 is 9.42 Å². The van der Waals surface area contributed by atoms with Crippen LogP contribution in [-0.2, 0) is 22.8 Å². The first-order valence-electron chi connectivity index (χ1n) is 6.61. The number of benzene rings is 1. The van der Waals surface area contributed by atoms with Gasteiger partial charge in [-0.1, -0.05) is 17.3 Å². The van der Waals surface area contributed by atoms with Crippen LogP contribution in [0.5, 0.6) is 0 Å². The molecule has 0 aliphatic carbocycles. The fourth-order valence-corrected chi connectivity index (χ4v) is 2.60. The summed E-state index contributed by atoms with van der Waals surface area (Å²) in [4.78, 5) is 6.63. The van der Waals surface area contributed by atoms with Gasteiger partial charge in [0.15, 0.2) is 15.7 Å². The zero-order valence-corrected chi connectivity index (χ0v) is 13.2. The minimum absolute atomic E-state index is 0.344. The second-order valence-corrected chi connectivity index (χ2v) is 7.15. The summed E-state index contributed by atoms with van der Waals surface area (Å²) < 4.78 is 27.7. The molecular weight excluding hydrogens is 290 g/mol. The van der Waals surface area contributed by atoms with Crippen LogP contribution in [0.1, 0.15) is 17.3 Å². The third kappa shape index (κ3) is 4.64. The van der Waals surface area contributed by atoms with Gasteiger partial charge >= 0.3 is 0 Å². The monoisotopic (exact) mass is 309 g/mol. The molecule has 0 spiro atoms. The Kier molecular flexibility index (Phi) is 4.74. The summed E-state index contributed by atoms with van der Waals surface area (Å²) in [6.45, 7) is 3.30. The van der Waals surface area contributed by atoms with Crippen LogP contribution in [0.25, 0.3) is 0 Å². The van der Waals surface area contributed by atoms with Crippen molar-refractivity contribution in [3.63, 3.8) is 0 Å².